The van der Waals surface area contributed by atoms with E-state index in [2.05, 4.69) is 4.98 Å². The molecule has 0 aliphatic carbocycles. The van der Waals surface area contributed by atoms with E-state index in [0.29, 0.717) is 11.1 Å². The number of benzene rings is 1. The minimum Gasteiger partial charge on any atom is -0.253 e. The topological polar surface area (TPSA) is 12.9 Å². The van der Waals surface area contributed by atoms with Gasteiger partial charge in [0.25, 0.3) is 0 Å². The molecule has 0 aliphatic heterocycles. The second kappa shape index (κ2) is 4.76. The van der Waals surface area contributed by atoms with Crippen molar-refractivity contribution < 1.29 is 4.39 Å². The summed E-state index contributed by atoms with van der Waals surface area (Å²) in [5.74, 6) is -0.154. The van der Waals surface area contributed by atoms with Gasteiger partial charge in [-0.15, -0.1) is 0 Å². The molecule has 0 spiro atoms. The van der Waals surface area contributed by atoms with Crippen LogP contribution >= 0.6 is 0 Å². The number of nitrogens with zero attached hydrogens (tertiary/aromatic N) is 1. The van der Waals surface area contributed by atoms with E-state index >= 15 is 0 Å². The van der Waals surface area contributed by atoms with Crippen molar-refractivity contribution in [1.29, 1.82) is 0 Å². The van der Waals surface area contributed by atoms with Crippen molar-refractivity contribution in [3.63, 3.8) is 0 Å². The fourth-order valence-corrected chi connectivity index (χ4v) is 2.27. The van der Waals surface area contributed by atoms with Crippen LogP contribution in [-0.4, -0.2) is 4.98 Å². The average Bonchev–Trinajstić information content (AvgIpc) is 2.37. The highest BCUT2D eigenvalue weighted by atomic mass is 19.1. The van der Waals surface area contributed by atoms with Gasteiger partial charge in [-0.2, -0.15) is 0 Å². The molecule has 0 fully saturated rings. The molecule has 0 unspecified atom stereocenters. The molecule has 2 aromatic rings. The average molecular weight is 257 g/mol. The maximum atomic E-state index is 14.5. The van der Waals surface area contributed by atoms with Crippen molar-refractivity contribution >= 4 is 0 Å². The molecule has 19 heavy (non-hydrogen) atoms. The number of aromatic nitrogens is 1. The molecule has 0 N–H and O–H groups in total. The Balaban J connectivity index is 2.73. The first-order valence-electron chi connectivity index (χ1n) is 6.54. The van der Waals surface area contributed by atoms with Gasteiger partial charge in [-0.25, -0.2) is 4.39 Å². The SMILES string of the molecule is Cc1cc(-c2cc(C)c(C)c(C)c2F)nc(C)c1C. The predicted molar refractivity (Wildman–Crippen MR) is 78.1 cm³/mol. The van der Waals surface area contributed by atoms with Gasteiger partial charge in [-0.1, -0.05) is 0 Å². The van der Waals surface area contributed by atoms with Crippen molar-refractivity contribution in [1.82, 2.24) is 4.98 Å². The van der Waals surface area contributed by atoms with E-state index in [1.165, 1.54) is 5.56 Å². The molecule has 0 bridgehead atoms. The van der Waals surface area contributed by atoms with Crippen molar-refractivity contribution in [3.05, 3.63) is 51.5 Å². The van der Waals surface area contributed by atoms with Gasteiger partial charge in [0.1, 0.15) is 5.82 Å². The Kier molecular flexibility index (Phi) is 3.44. The smallest absolute Gasteiger partial charge is 0.135 e. The third-order valence-electron chi connectivity index (χ3n) is 4.13. The first-order chi connectivity index (χ1) is 8.82. The van der Waals surface area contributed by atoms with Gasteiger partial charge < -0.3 is 0 Å². The van der Waals surface area contributed by atoms with Gasteiger partial charge >= 0.3 is 0 Å². The van der Waals surface area contributed by atoms with Crippen molar-refractivity contribution in [2.24, 2.45) is 0 Å². The highest BCUT2D eigenvalue weighted by Crippen LogP contribution is 2.29. The molecule has 0 radical (unpaired) electrons. The molecule has 0 saturated heterocycles. The van der Waals surface area contributed by atoms with E-state index in [9.17, 15) is 4.39 Å². The van der Waals surface area contributed by atoms with Crippen LogP contribution in [0.3, 0.4) is 0 Å². The Bertz CT molecular complexity index is 634. The number of rotatable bonds is 1. The highest BCUT2D eigenvalue weighted by molar-refractivity contribution is 5.65. The zero-order chi connectivity index (χ0) is 14.3. The van der Waals surface area contributed by atoms with Crippen LogP contribution < -0.4 is 0 Å². The lowest BCUT2D eigenvalue weighted by Gasteiger charge is -2.13. The molecule has 1 nitrogen and oxygen atoms in total. The van der Waals surface area contributed by atoms with Gasteiger partial charge in [-0.05, 0) is 81.5 Å². The molecule has 0 saturated carbocycles. The van der Waals surface area contributed by atoms with Crippen LogP contribution in [0.25, 0.3) is 11.3 Å². The van der Waals surface area contributed by atoms with Crippen LogP contribution in [0.15, 0.2) is 12.1 Å². The number of halogens is 1. The van der Waals surface area contributed by atoms with Crippen LogP contribution in [0.5, 0.6) is 0 Å². The number of hydrogen-bond donors (Lipinski definition) is 0. The first kappa shape index (κ1) is 13.7. The third kappa shape index (κ3) is 2.27. The standard InChI is InChI=1S/C17H20FN/c1-9-7-15(17(18)13(5)11(9)3)16-8-10(2)12(4)14(6)19-16/h7-8H,1-6H3. The van der Waals surface area contributed by atoms with Crippen LogP contribution in [-0.2, 0) is 0 Å². The maximum absolute atomic E-state index is 14.5. The van der Waals surface area contributed by atoms with Crippen molar-refractivity contribution in [2.75, 3.05) is 0 Å². The van der Waals surface area contributed by atoms with E-state index < -0.39 is 0 Å². The first-order valence-corrected chi connectivity index (χ1v) is 6.54. The molecule has 1 aromatic carbocycles. The van der Waals surface area contributed by atoms with Gasteiger partial charge in [0.15, 0.2) is 0 Å². The molecule has 100 valence electrons. The lowest BCUT2D eigenvalue weighted by atomic mass is 9.96. The molecular weight excluding hydrogens is 237 g/mol. The minimum absolute atomic E-state index is 0.154. The number of hydrogen-bond acceptors (Lipinski definition) is 1. The molecule has 0 atom stereocenters. The Morgan fingerprint density at radius 3 is 1.95 bits per heavy atom. The summed E-state index contributed by atoms with van der Waals surface area (Å²) >= 11 is 0. The Labute approximate surface area is 114 Å². The van der Waals surface area contributed by atoms with Crippen LogP contribution in [0.2, 0.25) is 0 Å². The fourth-order valence-electron chi connectivity index (χ4n) is 2.27. The van der Waals surface area contributed by atoms with Gasteiger partial charge in [0.05, 0.1) is 5.69 Å². The summed E-state index contributed by atoms with van der Waals surface area (Å²) in [6.45, 7) is 11.9. The van der Waals surface area contributed by atoms with E-state index in [0.717, 1.165) is 28.1 Å². The molecular formula is C17H20FN. The number of aryl methyl sites for hydroxylation is 3. The Hall–Kier alpha value is -1.70. The van der Waals surface area contributed by atoms with E-state index in [1.54, 1.807) is 0 Å². The third-order valence-corrected chi connectivity index (χ3v) is 4.13. The highest BCUT2D eigenvalue weighted by Gasteiger charge is 2.14. The lowest BCUT2D eigenvalue weighted by molar-refractivity contribution is 0.619. The zero-order valence-corrected chi connectivity index (χ0v) is 12.5. The summed E-state index contributed by atoms with van der Waals surface area (Å²) in [5.41, 5.74) is 7.45. The monoisotopic (exact) mass is 257 g/mol. The second-order valence-corrected chi connectivity index (χ2v) is 5.34. The van der Waals surface area contributed by atoms with Crippen LogP contribution in [0.1, 0.15) is 33.5 Å². The quantitative estimate of drug-likeness (QED) is 0.719. The van der Waals surface area contributed by atoms with Crippen LogP contribution in [0, 0.1) is 47.4 Å². The molecule has 1 aromatic heterocycles. The molecule has 0 aliphatic rings. The Morgan fingerprint density at radius 2 is 1.37 bits per heavy atom. The van der Waals surface area contributed by atoms with Gasteiger partial charge in [0, 0.05) is 11.3 Å². The molecule has 0 amide bonds. The van der Waals surface area contributed by atoms with Crippen LogP contribution in [0.4, 0.5) is 4.39 Å². The Morgan fingerprint density at radius 1 is 0.789 bits per heavy atom. The summed E-state index contributed by atoms with van der Waals surface area (Å²) in [6, 6.07) is 3.86. The minimum atomic E-state index is -0.154. The molecule has 1 heterocycles. The predicted octanol–water partition coefficient (Wildman–Crippen LogP) is 4.74. The normalized spacial score (nSPS) is 10.9. The zero-order valence-electron chi connectivity index (χ0n) is 12.5. The maximum Gasteiger partial charge on any atom is 0.135 e. The van der Waals surface area contributed by atoms with E-state index in [1.807, 2.05) is 53.7 Å². The summed E-state index contributed by atoms with van der Waals surface area (Å²) in [6.07, 6.45) is 0. The summed E-state index contributed by atoms with van der Waals surface area (Å²) < 4.78 is 14.5. The summed E-state index contributed by atoms with van der Waals surface area (Å²) in [4.78, 5) is 4.54. The van der Waals surface area contributed by atoms with Gasteiger partial charge in [-0.3, -0.25) is 4.98 Å². The van der Waals surface area contributed by atoms with E-state index in [4.69, 9.17) is 0 Å². The van der Waals surface area contributed by atoms with Crippen molar-refractivity contribution in [2.45, 2.75) is 41.5 Å². The largest absolute Gasteiger partial charge is 0.253 e. The summed E-state index contributed by atoms with van der Waals surface area (Å²) in [7, 11) is 0. The second-order valence-electron chi connectivity index (χ2n) is 5.34. The summed E-state index contributed by atoms with van der Waals surface area (Å²) in [5, 5.41) is 0. The molecule has 2 rings (SSSR count). The molecule has 2 heteroatoms. The number of pyridine rings is 1. The van der Waals surface area contributed by atoms with E-state index in [-0.39, 0.29) is 5.82 Å². The van der Waals surface area contributed by atoms with Gasteiger partial charge in [0.2, 0.25) is 0 Å². The lowest BCUT2D eigenvalue weighted by Crippen LogP contribution is -1.99. The van der Waals surface area contributed by atoms with Crippen molar-refractivity contribution in [3.8, 4) is 11.3 Å². The fraction of sp³-hybridized carbons (Fsp3) is 0.353.